The Labute approximate surface area is 134 Å². The molecule has 0 unspecified atom stereocenters. The molecule has 122 valence electrons. The SMILES string of the molecule is O=C(CSCc1cccc(F)c1)Nc1cccc(C(F)(F)F)c1. The molecule has 23 heavy (non-hydrogen) atoms. The van der Waals surface area contributed by atoms with Crippen LogP contribution < -0.4 is 5.32 Å². The second-order valence-electron chi connectivity index (χ2n) is 4.75. The van der Waals surface area contributed by atoms with Gasteiger partial charge in [0, 0.05) is 11.4 Å². The Morgan fingerprint density at radius 1 is 1.09 bits per heavy atom. The van der Waals surface area contributed by atoms with E-state index in [1.807, 2.05) is 0 Å². The first-order valence-corrected chi connectivity index (χ1v) is 7.79. The van der Waals surface area contributed by atoms with Gasteiger partial charge in [0.2, 0.25) is 5.91 Å². The second kappa shape index (κ2) is 7.50. The predicted molar refractivity (Wildman–Crippen MR) is 82.6 cm³/mol. The van der Waals surface area contributed by atoms with Crippen molar-refractivity contribution in [2.24, 2.45) is 0 Å². The zero-order valence-corrected chi connectivity index (χ0v) is 12.7. The zero-order valence-electron chi connectivity index (χ0n) is 11.9. The highest BCUT2D eigenvalue weighted by Crippen LogP contribution is 2.30. The highest BCUT2D eigenvalue weighted by Gasteiger charge is 2.30. The average molecular weight is 343 g/mol. The maximum absolute atomic E-state index is 13.0. The van der Waals surface area contributed by atoms with Crippen LogP contribution in [0.25, 0.3) is 0 Å². The third-order valence-corrected chi connectivity index (χ3v) is 3.87. The summed E-state index contributed by atoms with van der Waals surface area (Å²) in [6.45, 7) is 0. The number of halogens is 4. The lowest BCUT2D eigenvalue weighted by Gasteiger charge is -2.09. The van der Waals surface area contributed by atoms with Gasteiger partial charge < -0.3 is 5.32 Å². The summed E-state index contributed by atoms with van der Waals surface area (Å²) in [7, 11) is 0. The molecule has 0 bridgehead atoms. The number of amides is 1. The van der Waals surface area contributed by atoms with Crippen LogP contribution in [-0.2, 0) is 16.7 Å². The summed E-state index contributed by atoms with van der Waals surface area (Å²) in [4.78, 5) is 11.7. The molecule has 2 aromatic carbocycles. The molecule has 1 N–H and O–H groups in total. The number of hydrogen-bond acceptors (Lipinski definition) is 2. The minimum atomic E-state index is -4.45. The zero-order chi connectivity index (χ0) is 16.9. The molecule has 0 radical (unpaired) electrons. The van der Waals surface area contributed by atoms with Gasteiger partial charge in [-0.25, -0.2) is 4.39 Å². The summed E-state index contributed by atoms with van der Waals surface area (Å²) >= 11 is 1.25. The minimum Gasteiger partial charge on any atom is -0.325 e. The van der Waals surface area contributed by atoms with Crippen molar-refractivity contribution >= 4 is 23.4 Å². The van der Waals surface area contributed by atoms with E-state index in [9.17, 15) is 22.4 Å². The Hall–Kier alpha value is -2.02. The van der Waals surface area contributed by atoms with Crippen molar-refractivity contribution in [3.63, 3.8) is 0 Å². The van der Waals surface area contributed by atoms with E-state index in [1.165, 1.54) is 36.0 Å². The fraction of sp³-hybridized carbons (Fsp3) is 0.188. The van der Waals surface area contributed by atoms with Gasteiger partial charge in [0.15, 0.2) is 0 Å². The van der Waals surface area contributed by atoms with Gasteiger partial charge in [-0.05, 0) is 35.9 Å². The lowest BCUT2D eigenvalue weighted by Crippen LogP contribution is -2.15. The molecular formula is C16H13F4NOS. The van der Waals surface area contributed by atoms with Gasteiger partial charge in [-0.15, -0.1) is 11.8 Å². The summed E-state index contributed by atoms with van der Waals surface area (Å²) < 4.78 is 50.7. The molecule has 2 rings (SSSR count). The highest BCUT2D eigenvalue weighted by atomic mass is 32.2. The summed E-state index contributed by atoms with van der Waals surface area (Å²) in [5.41, 5.74) is 0.0146. The lowest BCUT2D eigenvalue weighted by molar-refractivity contribution is -0.137. The van der Waals surface area contributed by atoms with Gasteiger partial charge >= 0.3 is 6.18 Å². The van der Waals surface area contributed by atoms with Crippen LogP contribution in [0.15, 0.2) is 48.5 Å². The number of rotatable bonds is 5. The van der Waals surface area contributed by atoms with E-state index < -0.39 is 17.6 Å². The van der Waals surface area contributed by atoms with Crippen LogP contribution >= 0.6 is 11.8 Å². The summed E-state index contributed by atoms with van der Waals surface area (Å²) in [5, 5.41) is 2.42. The molecule has 0 spiro atoms. The molecule has 0 heterocycles. The van der Waals surface area contributed by atoms with Crippen molar-refractivity contribution in [3.05, 3.63) is 65.5 Å². The van der Waals surface area contributed by atoms with Crippen LogP contribution in [-0.4, -0.2) is 11.7 Å². The molecule has 0 saturated heterocycles. The Kier molecular flexibility index (Phi) is 5.65. The van der Waals surface area contributed by atoms with E-state index in [0.717, 1.165) is 17.7 Å². The monoisotopic (exact) mass is 343 g/mol. The number of carbonyl (C=O) groups excluding carboxylic acids is 1. The lowest BCUT2D eigenvalue weighted by atomic mass is 10.2. The smallest absolute Gasteiger partial charge is 0.325 e. The predicted octanol–water partition coefficient (Wildman–Crippen LogP) is 4.72. The fourth-order valence-electron chi connectivity index (χ4n) is 1.86. The molecule has 0 aliphatic rings. The van der Waals surface area contributed by atoms with Crippen molar-refractivity contribution in [2.75, 3.05) is 11.1 Å². The number of thioether (sulfide) groups is 1. The van der Waals surface area contributed by atoms with E-state index in [4.69, 9.17) is 0 Å². The van der Waals surface area contributed by atoms with E-state index in [0.29, 0.717) is 5.75 Å². The van der Waals surface area contributed by atoms with Gasteiger partial charge in [0.25, 0.3) is 0 Å². The standard InChI is InChI=1S/C16H13F4NOS/c17-13-5-1-3-11(7-13)9-23-10-15(22)21-14-6-2-4-12(8-14)16(18,19)20/h1-8H,9-10H2,(H,21,22). The molecule has 0 fully saturated rings. The molecule has 0 aromatic heterocycles. The van der Waals surface area contributed by atoms with Crippen molar-refractivity contribution < 1.29 is 22.4 Å². The molecule has 0 aliphatic heterocycles. The largest absolute Gasteiger partial charge is 0.416 e. The number of hydrogen-bond donors (Lipinski definition) is 1. The molecule has 7 heteroatoms. The second-order valence-corrected chi connectivity index (χ2v) is 5.74. The first-order valence-electron chi connectivity index (χ1n) is 6.64. The first-order chi connectivity index (χ1) is 10.8. The molecule has 0 aliphatic carbocycles. The van der Waals surface area contributed by atoms with E-state index in [-0.39, 0.29) is 17.3 Å². The van der Waals surface area contributed by atoms with Crippen molar-refractivity contribution in [1.29, 1.82) is 0 Å². The fourth-order valence-corrected chi connectivity index (χ4v) is 2.63. The Bertz CT molecular complexity index is 688. The summed E-state index contributed by atoms with van der Waals surface area (Å²) in [6, 6.07) is 10.5. The van der Waals surface area contributed by atoms with E-state index in [2.05, 4.69) is 5.32 Å². The summed E-state index contributed by atoms with van der Waals surface area (Å²) in [5.74, 6) is -0.261. The molecular weight excluding hydrogens is 330 g/mol. The van der Waals surface area contributed by atoms with Gasteiger partial charge in [-0.1, -0.05) is 18.2 Å². The Morgan fingerprint density at radius 3 is 2.52 bits per heavy atom. The number of alkyl halides is 3. The van der Waals surface area contributed by atoms with Crippen LogP contribution in [0.2, 0.25) is 0 Å². The maximum Gasteiger partial charge on any atom is 0.416 e. The van der Waals surface area contributed by atoms with E-state index in [1.54, 1.807) is 12.1 Å². The number of carbonyl (C=O) groups is 1. The van der Waals surface area contributed by atoms with Gasteiger partial charge in [0.1, 0.15) is 5.82 Å². The molecule has 2 nitrogen and oxygen atoms in total. The van der Waals surface area contributed by atoms with Crippen LogP contribution in [0.3, 0.4) is 0 Å². The van der Waals surface area contributed by atoms with Crippen molar-refractivity contribution in [2.45, 2.75) is 11.9 Å². The topological polar surface area (TPSA) is 29.1 Å². The number of nitrogens with one attached hydrogen (secondary N) is 1. The number of anilines is 1. The summed E-state index contributed by atoms with van der Waals surface area (Å²) in [6.07, 6.45) is -4.45. The van der Waals surface area contributed by atoms with Crippen molar-refractivity contribution in [1.82, 2.24) is 0 Å². The van der Waals surface area contributed by atoms with Crippen LogP contribution in [0.1, 0.15) is 11.1 Å². The number of benzene rings is 2. The molecule has 0 atom stereocenters. The quantitative estimate of drug-likeness (QED) is 0.796. The van der Waals surface area contributed by atoms with E-state index >= 15 is 0 Å². The van der Waals surface area contributed by atoms with Crippen LogP contribution in [0.5, 0.6) is 0 Å². The van der Waals surface area contributed by atoms with Gasteiger partial charge in [0.05, 0.1) is 11.3 Å². The minimum absolute atomic E-state index is 0.0623. The average Bonchev–Trinajstić information content (AvgIpc) is 2.46. The maximum atomic E-state index is 13.0. The first kappa shape index (κ1) is 17.3. The highest BCUT2D eigenvalue weighted by molar-refractivity contribution is 7.99. The third kappa shape index (κ3) is 5.59. The van der Waals surface area contributed by atoms with Crippen LogP contribution in [0.4, 0.5) is 23.2 Å². The normalized spacial score (nSPS) is 11.3. The molecule has 1 amide bonds. The van der Waals surface area contributed by atoms with Gasteiger partial charge in [-0.3, -0.25) is 4.79 Å². The van der Waals surface area contributed by atoms with Crippen LogP contribution in [0, 0.1) is 5.82 Å². The van der Waals surface area contributed by atoms with Gasteiger partial charge in [-0.2, -0.15) is 13.2 Å². The molecule has 2 aromatic rings. The molecule has 0 saturated carbocycles. The third-order valence-electron chi connectivity index (χ3n) is 2.86. The van der Waals surface area contributed by atoms with Crippen molar-refractivity contribution in [3.8, 4) is 0 Å². The Balaban J connectivity index is 1.85. The Morgan fingerprint density at radius 2 is 1.83 bits per heavy atom.